The van der Waals surface area contributed by atoms with Crippen LogP contribution in [0.4, 0.5) is 4.39 Å². The van der Waals surface area contributed by atoms with Gasteiger partial charge in [0.15, 0.2) is 0 Å². The van der Waals surface area contributed by atoms with Gasteiger partial charge in [0.2, 0.25) is 10.0 Å². The van der Waals surface area contributed by atoms with Crippen LogP contribution < -0.4 is 5.32 Å². The largest absolute Gasteiger partial charge is 0.310 e. The van der Waals surface area contributed by atoms with E-state index in [2.05, 4.69) is 5.32 Å². The van der Waals surface area contributed by atoms with Crippen molar-refractivity contribution in [1.82, 2.24) is 9.62 Å². The Hall–Kier alpha value is -0.690. The average Bonchev–Trinajstić information content (AvgIpc) is 2.71. The van der Waals surface area contributed by atoms with Crippen LogP contribution in [0.2, 0.25) is 0 Å². The fraction of sp³-hybridized carbons (Fsp3) is 0.571. The second kappa shape index (κ2) is 6.20. The number of benzene rings is 1. The predicted molar refractivity (Wildman–Crippen MR) is 81.7 cm³/mol. The van der Waals surface area contributed by atoms with E-state index < -0.39 is 10.0 Å². The van der Waals surface area contributed by atoms with Gasteiger partial charge in [-0.15, -0.1) is 12.4 Å². The maximum atomic E-state index is 13.3. The Morgan fingerprint density at radius 2 is 1.95 bits per heavy atom. The zero-order valence-corrected chi connectivity index (χ0v) is 13.5. The summed E-state index contributed by atoms with van der Waals surface area (Å²) in [5, 5.41) is 3.46. The minimum atomic E-state index is -3.52. The predicted octanol–water partition coefficient (Wildman–Crippen LogP) is 2.07. The Morgan fingerprint density at radius 1 is 1.24 bits per heavy atom. The van der Waals surface area contributed by atoms with Crippen molar-refractivity contribution in [2.45, 2.75) is 43.2 Å². The summed E-state index contributed by atoms with van der Waals surface area (Å²) in [6.45, 7) is 2.63. The lowest BCUT2D eigenvalue weighted by Crippen LogP contribution is -2.39. The third-order valence-corrected chi connectivity index (χ3v) is 6.11. The molecule has 1 aromatic carbocycles. The molecule has 2 heterocycles. The van der Waals surface area contributed by atoms with E-state index in [4.69, 9.17) is 0 Å². The van der Waals surface area contributed by atoms with E-state index in [0.29, 0.717) is 24.7 Å². The molecule has 0 amide bonds. The summed E-state index contributed by atoms with van der Waals surface area (Å²) in [6.07, 6.45) is 3.00. The van der Waals surface area contributed by atoms with Crippen LogP contribution in [0, 0.1) is 12.7 Å². The van der Waals surface area contributed by atoms with Crippen molar-refractivity contribution >= 4 is 22.4 Å². The van der Waals surface area contributed by atoms with Gasteiger partial charge in [0.25, 0.3) is 0 Å². The average molecular weight is 335 g/mol. The van der Waals surface area contributed by atoms with Crippen LogP contribution in [0.25, 0.3) is 0 Å². The quantitative estimate of drug-likeness (QED) is 0.900. The smallest absolute Gasteiger partial charge is 0.243 e. The normalized spacial score (nSPS) is 26.2. The molecule has 0 spiro atoms. The molecule has 21 heavy (non-hydrogen) atoms. The Kier molecular flexibility index (Phi) is 4.92. The lowest BCUT2D eigenvalue weighted by Gasteiger charge is -2.23. The molecule has 2 fully saturated rings. The highest BCUT2D eigenvalue weighted by molar-refractivity contribution is 7.89. The monoisotopic (exact) mass is 334 g/mol. The highest BCUT2D eigenvalue weighted by Crippen LogP contribution is 2.25. The van der Waals surface area contributed by atoms with Crippen LogP contribution in [0.5, 0.6) is 0 Å². The van der Waals surface area contributed by atoms with Gasteiger partial charge in [-0.3, -0.25) is 0 Å². The van der Waals surface area contributed by atoms with Gasteiger partial charge in [-0.25, -0.2) is 12.8 Å². The molecule has 4 nitrogen and oxygen atoms in total. The lowest BCUT2D eigenvalue weighted by molar-refractivity contribution is 0.383. The Balaban J connectivity index is 0.00000161. The summed E-state index contributed by atoms with van der Waals surface area (Å²) < 4.78 is 40.1. The van der Waals surface area contributed by atoms with E-state index in [1.165, 1.54) is 22.5 Å². The van der Waals surface area contributed by atoms with Gasteiger partial charge in [-0.1, -0.05) is 0 Å². The van der Waals surface area contributed by atoms with Crippen LogP contribution in [0.15, 0.2) is 23.1 Å². The van der Waals surface area contributed by atoms with Gasteiger partial charge >= 0.3 is 0 Å². The van der Waals surface area contributed by atoms with Crippen molar-refractivity contribution in [3.63, 3.8) is 0 Å². The molecule has 2 aliphatic heterocycles. The van der Waals surface area contributed by atoms with Gasteiger partial charge in [0.05, 0.1) is 4.90 Å². The maximum Gasteiger partial charge on any atom is 0.243 e. The second-order valence-corrected chi connectivity index (χ2v) is 7.64. The molecular formula is C14H20ClFN2O2S. The van der Waals surface area contributed by atoms with Crippen LogP contribution in [-0.2, 0) is 10.0 Å². The third-order valence-electron chi connectivity index (χ3n) is 4.25. The Morgan fingerprint density at radius 3 is 2.67 bits per heavy atom. The van der Waals surface area contributed by atoms with Gasteiger partial charge in [-0.05, 0) is 49.9 Å². The summed E-state index contributed by atoms with van der Waals surface area (Å²) in [4.78, 5) is 0.189. The number of sulfonamides is 1. The number of fused-ring (bicyclic) bond motifs is 2. The number of nitrogens with zero attached hydrogens (tertiary/aromatic N) is 1. The molecule has 2 bridgehead atoms. The molecule has 3 rings (SSSR count). The number of hydrogen-bond acceptors (Lipinski definition) is 3. The van der Waals surface area contributed by atoms with Crippen molar-refractivity contribution in [2.75, 3.05) is 13.1 Å². The van der Waals surface area contributed by atoms with Crippen LogP contribution in [0.3, 0.4) is 0 Å². The van der Waals surface area contributed by atoms with Crippen molar-refractivity contribution in [2.24, 2.45) is 0 Å². The standard InChI is InChI=1S/C14H19FN2O2S.ClH/c1-10-8-13(4-5-14(10)15)20(18,19)17-7-6-11-2-3-12(9-17)16-11;/h4-5,8,11-12,16H,2-3,6-7,9H2,1H3;1H. The SMILES string of the molecule is Cc1cc(S(=O)(=O)N2CCC3CCC(C2)N3)ccc1F.Cl. The molecule has 1 N–H and O–H groups in total. The van der Waals surface area contributed by atoms with Crippen LogP contribution >= 0.6 is 12.4 Å². The summed E-state index contributed by atoms with van der Waals surface area (Å²) in [5.74, 6) is -0.375. The molecule has 7 heteroatoms. The Labute approximate surface area is 131 Å². The minimum absolute atomic E-state index is 0. The molecular weight excluding hydrogens is 315 g/mol. The van der Waals surface area contributed by atoms with E-state index in [1.807, 2.05) is 0 Å². The second-order valence-electron chi connectivity index (χ2n) is 5.70. The molecule has 2 saturated heterocycles. The topological polar surface area (TPSA) is 49.4 Å². The maximum absolute atomic E-state index is 13.3. The zero-order valence-electron chi connectivity index (χ0n) is 11.9. The summed E-state index contributed by atoms with van der Waals surface area (Å²) >= 11 is 0. The first-order valence-electron chi connectivity index (χ1n) is 6.99. The van der Waals surface area contributed by atoms with Crippen molar-refractivity contribution in [1.29, 1.82) is 0 Å². The fourth-order valence-electron chi connectivity index (χ4n) is 3.06. The summed E-state index contributed by atoms with van der Waals surface area (Å²) in [7, 11) is -3.52. The number of halogens is 2. The van der Waals surface area contributed by atoms with Gasteiger partial charge in [-0.2, -0.15) is 4.31 Å². The Bertz CT molecular complexity index is 623. The molecule has 0 aliphatic carbocycles. The van der Waals surface area contributed by atoms with E-state index in [1.54, 1.807) is 6.92 Å². The fourth-order valence-corrected chi connectivity index (χ4v) is 4.64. The summed E-state index contributed by atoms with van der Waals surface area (Å²) in [5.41, 5.74) is 0.362. The van der Waals surface area contributed by atoms with E-state index in [9.17, 15) is 12.8 Å². The number of rotatable bonds is 2. The first-order chi connectivity index (χ1) is 9.46. The zero-order chi connectivity index (χ0) is 14.3. The molecule has 2 atom stereocenters. The van der Waals surface area contributed by atoms with Crippen LogP contribution in [-0.4, -0.2) is 37.9 Å². The van der Waals surface area contributed by atoms with Crippen LogP contribution in [0.1, 0.15) is 24.8 Å². The molecule has 0 aromatic heterocycles. The molecule has 2 unspecified atom stereocenters. The van der Waals surface area contributed by atoms with Crippen molar-refractivity contribution in [3.05, 3.63) is 29.6 Å². The third kappa shape index (κ3) is 3.23. The summed E-state index contributed by atoms with van der Waals surface area (Å²) in [6, 6.07) is 4.69. The molecule has 0 saturated carbocycles. The molecule has 0 radical (unpaired) electrons. The lowest BCUT2D eigenvalue weighted by atomic mass is 10.1. The van der Waals surface area contributed by atoms with Crippen molar-refractivity contribution < 1.29 is 12.8 Å². The highest BCUT2D eigenvalue weighted by atomic mass is 35.5. The first-order valence-corrected chi connectivity index (χ1v) is 8.43. The highest BCUT2D eigenvalue weighted by Gasteiger charge is 2.34. The molecule has 2 aliphatic rings. The van der Waals surface area contributed by atoms with Gasteiger partial charge in [0.1, 0.15) is 5.82 Å². The van der Waals surface area contributed by atoms with Gasteiger partial charge < -0.3 is 5.32 Å². The number of nitrogens with one attached hydrogen (secondary N) is 1. The van der Waals surface area contributed by atoms with E-state index in [-0.39, 0.29) is 29.2 Å². The first kappa shape index (κ1) is 16.7. The van der Waals surface area contributed by atoms with E-state index in [0.717, 1.165) is 19.3 Å². The van der Waals surface area contributed by atoms with E-state index >= 15 is 0 Å². The minimum Gasteiger partial charge on any atom is -0.310 e. The van der Waals surface area contributed by atoms with Gasteiger partial charge in [0, 0.05) is 25.2 Å². The number of hydrogen-bond donors (Lipinski definition) is 1. The molecule has 1 aromatic rings. The molecule has 118 valence electrons. The number of aryl methyl sites for hydroxylation is 1. The van der Waals surface area contributed by atoms with Crippen molar-refractivity contribution in [3.8, 4) is 0 Å².